The van der Waals surface area contributed by atoms with Crippen LogP contribution < -0.4 is 10.6 Å². The van der Waals surface area contributed by atoms with E-state index >= 15 is 0 Å². The number of rotatable bonds is 3. The number of ether oxygens (including phenoxy) is 1. The first-order valence-electron chi connectivity index (χ1n) is 5.97. The van der Waals surface area contributed by atoms with Crippen molar-refractivity contribution in [2.75, 3.05) is 24.6 Å². The second-order valence-corrected chi connectivity index (χ2v) is 4.77. The lowest BCUT2D eigenvalue weighted by Gasteiger charge is -2.40. The first-order chi connectivity index (χ1) is 8.54. The molecular weight excluding hydrogens is 232 g/mol. The van der Waals surface area contributed by atoms with Gasteiger partial charge in [0, 0.05) is 5.69 Å². The molecular formula is C13H18N2O3. The van der Waals surface area contributed by atoms with Crippen molar-refractivity contribution in [1.29, 1.82) is 0 Å². The van der Waals surface area contributed by atoms with E-state index in [1.165, 1.54) is 0 Å². The van der Waals surface area contributed by atoms with Gasteiger partial charge >= 0.3 is 0 Å². The second kappa shape index (κ2) is 4.96. The Kier molecular flexibility index (Phi) is 3.54. The average Bonchev–Trinajstić information content (AvgIpc) is 2.34. The minimum Gasteiger partial charge on any atom is -0.508 e. The molecule has 1 heterocycles. The van der Waals surface area contributed by atoms with Gasteiger partial charge in [-0.2, -0.15) is 0 Å². The first kappa shape index (κ1) is 12.9. The maximum absolute atomic E-state index is 11.9. The molecule has 5 nitrogen and oxygen atoms in total. The fourth-order valence-electron chi connectivity index (χ4n) is 2.11. The zero-order chi connectivity index (χ0) is 13.2. The number of morpholine rings is 1. The highest BCUT2D eigenvalue weighted by Gasteiger charge is 2.35. The number of hydrogen-bond acceptors (Lipinski definition) is 4. The van der Waals surface area contributed by atoms with Crippen LogP contribution in [-0.2, 0) is 9.53 Å². The standard InChI is InChI=1S/C13H18N2O3/c1-13(6-7-14)9-15(12(17)8-18-13)10-2-4-11(16)5-3-10/h2-5,16H,6-9,14H2,1H3. The van der Waals surface area contributed by atoms with Gasteiger partial charge in [0.1, 0.15) is 12.4 Å². The van der Waals surface area contributed by atoms with Gasteiger partial charge in [0.15, 0.2) is 0 Å². The molecule has 1 aromatic rings. The van der Waals surface area contributed by atoms with Crippen LogP contribution in [0, 0.1) is 0 Å². The zero-order valence-corrected chi connectivity index (χ0v) is 10.4. The molecule has 1 amide bonds. The van der Waals surface area contributed by atoms with Gasteiger partial charge in [-0.05, 0) is 44.2 Å². The molecule has 1 aliphatic rings. The highest BCUT2D eigenvalue weighted by atomic mass is 16.5. The number of amides is 1. The van der Waals surface area contributed by atoms with Crippen LogP contribution in [0.15, 0.2) is 24.3 Å². The summed E-state index contributed by atoms with van der Waals surface area (Å²) in [5.74, 6) is 0.111. The molecule has 0 radical (unpaired) electrons. The van der Waals surface area contributed by atoms with Gasteiger partial charge in [0.2, 0.25) is 0 Å². The third kappa shape index (κ3) is 2.63. The van der Waals surface area contributed by atoms with Crippen LogP contribution in [0.1, 0.15) is 13.3 Å². The van der Waals surface area contributed by atoms with Crippen LogP contribution >= 0.6 is 0 Å². The molecule has 0 aliphatic carbocycles. The number of carbonyl (C=O) groups is 1. The van der Waals surface area contributed by atoms with E-state index in [4.69, 9.17) is 10.5 Å². The van der Waals surface area contributed by atoms with Gasteiger partial charge in [-0.1, -0.05) is 0 Å². The van der Waals surface area contributed by atoms with E-state index in [0.717, 1.165) is 5.69 Å². The van der Waals surface area contributed by atoms with Gasteiger partial charge in [0.25, 0.3) is 5.91 Å². The summed E-state index contributed by atoms with van der Waals surface area (Å²) >= 11 is 0. The lowest BCUT2D eigenvalue weighted by atomic mass is 9.99. The Balaban J connectivity index is 2.20. The van der Waals surface area contributed by atoms with Crippen LogP contribution in [0.4, 0.5) is 5.69 Å². The van der Waals surface area contributed by atoms with Crippen LogP contribution in [-0.4, -0.2) is 36.3 Å². The van der Waals surface area contributed by atoms with E-state index in [-0.39, 0.29) is 18.3 Å². The number of aromatic hydroxyl groups is 1. The Hall–Kier alpha value is -1.59. The minimum atomic E-state index is -0.402. The van der Waals surface area contributed by atoms with E-state index in [0.29, 0.717) is 19.5 Å². The molecule has 1 saturated heterocycles. The second-order valence-electron chi connectivity index (χ2n) is 4.77. The predicted molar refractivity (Wildman–Crippen MR) is 68.5 cm³/mol. The summed E-state index contributed by atoms with van der Waals surface area (Å²) < 4.78 is 5.57. The van der Waals surface area contributed by atoms with Crippen LogP contribution in [0.5, 0.6) is 5.75 Å². The van der Waals surface area contributed by atoms with Crippen molar-refractivity contribution in [2.24, 2.45) is 5.73 Å². The Morgan fingerprint density at radius 1 is 1.44 bits per heavy atom. The number of phenolic OH excluding ortho intramolecular Hbond substituents is 1. The topological polar surface area (TPSA) is 75.8 Å². The maximum atomic E-state index is 11.9. The van der Waals surface area contributed by atoms with Crippen molar-refractivity contribution >= 4 is 11.6 Å². The number of phenols is 1. The molecule has 1 aromatic carbocycles. The predicted octanol–water partition coefficient (Wildman–Crippen LogP) is 0.863. The highest BCUT2D eigenvalue weighted by Crippen LogP contribution is 2.27. The van der Waals surface area contributed by atoms with E-state index in [2.05, 4.69) is 0 Å². The van der Waals surface area contributed by atoms with Gasteiger partial charge in [-0.3, -0.25) is 4.79 Å². The van der Waals surface area contributed by atoms with Gasteiger partial charge < -0.3 is 20.5 Å². The van der Waals surface area contributed by atoms with Crippen LogP contribution in [0.3, 0.4) is 0 Å². The summed E-state index contributed by atoms with van der Waals surface area (Å²) in [6.07, 6.45) is 0.703. The van der Waals surface area contributed by atoms with Crippen LogP contribution in [0.2, 0.25) is 0 Å². The molecule has 3 N–H and O–H groups in total. The molecule has 1 aliphatic heterocycles. The number of nitrogens with two attached hydrogens (primary N) is 1. The average molecular weight is 250 g/mol. The van der Waals surface area contributed by atoms with E-state index < -0.39 is 5.60 Å². The summed E-state index contributed by atoms with van der Waals surface area (Å²) in [4.78, 5) is 13.6. The molecule has 1 fully saturated rings. The van der Waals surface area contributed by atoms with E-state index in [9.17, 15) is 9.90 Å². The smallest absolute Gasteiger partial charge is 0.253 e. The number of nitrogens with zero attached hydrogens (tertiary/aromatic N) is 1. The van der Waals surface area contributed by atoms with E-state index in [1.807, 2.05) is 6.92 Å². The third-order valence-electron chi connectivity index (χ3n) is 3.17. The molecule has 1 unspecified atom stereocenters. The summed E-state index contributed by atoms with van der Waals surface area (Å²) in [5, 5.41) is 9.26. The molecule has 18 heavy (non-hydrogen) atoms. The van der Waals surface area contributed by atoms with Gasteiger partial charge in [-0.15, -0.1) is 0 Å². The van der Waals surface area contributed by atoms with Gasteiger partial charge in [0.05, 0.1) is 12.1 Å². The summed E-state index contributed by atoms with van der Waals surface area (Å²) in [5.41, 5.74) is 5.93. The Morgan fingerprint density at radius 3 is 2.72 bits per heavy atom. The van der Waals surface area contributed by atoms with Crippen molar-refractivity contribution in [3.8, 4) is 5.75 Å². The van der Waals surface area contributed by atoms with Crippen molar-refractivity contribution in [2.45, 2.75) is 18.9 Å². The van der Waals surface area contributed by atoms with E-state index in [1.54, 1.807) is 29.2 Å². The number of hydrogen-bond donors (Lipinski definition) is 2. The fourth-order valence-corrected chi connectivity index (χ4v) is 2.11. The van der Waals surface area contributed by atoms with Crippen molar-refractivity contribution in [3.63, 3.8) is 0 Å². The molecule has 0 bridgehead atoms. The largest absolute Gasteiger partial charge is 0.508 e. The number of carbonyl (C=O) groups excluding carboxylic acids is 1. The van der Waals surface area contributed by atoms with Crippen molar-refractivity contribution < 1.29 is 14.6 Å². The minimum absolute atomic E-state index is 0.0668. The quantitative estimate of drug-likeness (QED) is 0.834. The normalized spacial score (nSPS) is 24.3. The third-order valence-corrected chi connectivity index (χ3v) is 3.17. The Labute approximate surface area is 106 Å². The number of benzene rings is 1. The SMILES string of the molecule is CC1(CCN)CN(c2ccc(O)cc2)C(=O)CO1. The number of anilines is 1. The molecule has 98 valence electrons. The Morgan fingerprint density at radius 2 is 2.11 bits per heavy atom. The lowest BCUT2D eigenvalue weighted by Crippen LogP contribution is -2.54. The maximum Gasteiger partial charge on any atom is 0.253 e. The molecule has 5 heteroatoms. The summed E-state index contributed by atoms with van der Waals surface area (Å²) in [6, 6.07) is 6.58. The molecule has 0 spiro atoms. The molecule has 0 saturated carbocycles. The van der Waals surface area contributed by atoms with Crippen LogP contribution in [0.25, 0.3) is 0 Å². The lowest BCUT2D eigenvalue weighted by molar-refractivity contribution is -0.137. The summed E-state index contributed by atoms with van der Waals surface area (Å²) in [6.45, 7) is 3.03. The summed E-state index contributed by atoms with van der Waals surface area (Å²) in [7, 11) is 0. The molecule has 2 rings (SSSR count). The van der Waals surface area contributed by atoms with Gasteiger partial charge in [-0.25, -0.2) is 0 Å². The Bertz CT molecular complexity index is 432. The molecule has 0 aromatic heterocycles. The monoisotopic (exact) mass is 250 g/mol. The zero-order valence-electron chi connectivity index (χ0n) is 10.4. The fraction of sp³-hybridized carbons (Fsp3) is 0.462. The molecule has 1 atom stereocenters. The van der Waals surface area contributed by atoms with Crippen molar-refractivity contribution in [1.82, 2.24) is 0 Å². The van der Waals surface area contributed by atoms with Crippen molar-refractivity contribution in [3.05, 3.63) is 24.3 Å². The first-order valence-corrected chi connectivity index (χ1v) is 5.97. The highest BCUT2D eigenvalue weighted by molar-refractivity contribution is 5.95.